The number of carbonyl (C=O) groups is 1. The zero-order chi connectivity index (χ0) is 17.1. The fourth-order valence-corrected chi connectivity index (χ4v) is 3.33. The number of amides is 1. The molecule has 0 spiro atoms. The predicted molar refractivity (Wildman–Crippen MR) is 91.4 cm³/mol. The van der Waals surface area contributed by atoms with Crippen LogP contribution in [0.4, 0.5) is 0 Å². The van der Waals surface area contributed by atoms with Gasteiger partial charge in [-0.2, -0.15) is 5.10 Å². The number of aromatic nitrogens is 2. The molecule has 0 bridgehead atoms. The minimum Gasteiger partial charge on any atom is -0.374 e. The lowest BCUT2D eigenvalue weighted by molar-refractivity contribution is -0.127. The van der Waals surface area contributed by atoms with Gasteiger partial charge in [0.1, 0.15) is 6.04 Å². The van der Waals surface area contributed by atoms with E-state index in [9.17, 15) is 4.79 Å². The molecule has 1 aliphatic heterocycles. The summed E-state index contributed by atoms with van der Waals surface area (Å²) in [7, 11) is 0. The second kappa shape index (κ2) is 7.15. The molecule has 2 atom stereocenters. The molecule has 0 unspecified atom stereocenters. The molecule has 1 aliphatic rings. The van der Waals surface area contributed by atoms with E-state index in [4.69, 9.17) is 10.5 Å². The Hall–Kier alpha value is -2.18. The summed E-state index contributed by atoms with van der Waals surface area (Å²) in [5.74, 6) is -0.326. The third-order valence-electron chi connectivity index (χ3n) is 4.40. The van der Waals surface area contributed by atoms with E-state index >= 15 is 0 Å². The van der Waals surface area contributed by atoms with Crippen molar-refractivity contribution >= 4 is 5.91 Å². The molecule has 6 nitrogen and oxygen atoms in total. The van der Waals surface area contributed by atoms with Gasteiger partial charge in [0.05, 0.1) is 24.9 Å². The summed E-state index contributed by atoms with van der Waals surface area (Å²) in [6.45, 7) is 6.63. The molecular formula is C18H24N4O2. The van der Waals surface area contributed by atoms with E-state index in [1.807, 2.05) is 48.9 Å². The van der Waals surface area contributed by atoms with Crippen molar-refractivity contribution in [3.63, 3.8) is 0 Å². The maximum atomic E-state index is 12.0. The van der Waals surface area contributed by atoms with E-state index in [1.54, 1.807) is 0 Å². The third-order valence-corrected chi connectivity index (χ3v) is 4.40. The molecule has 1 amide bonds. The van der Waals surface area contributed by atoms with Gasteiger partial charge in [0.2, 0.25) is 5.91 Å². The molecule has 0 radical (unpaired) electrons. The molecule has 1 aromatic carbocycles. The van der Waals surface area contributed by atoms with Crippen LogP contribution in [-0.4, -0.2) is 46.4 Å². The fourth-order valence-electron chi connectivity index (χ4n) is 3.33. The number of hydrogen-bond donors (Lipinski definition) is 1. The highest BCUT2D eigenvalue weighted by atomic mass is 16.5. The zero-order valence-corrected chi connectivity index (χ0v) is 14.2. The van der Waals surface area contributed by atoms with Gasteiger partial charge in [-0.05, 0) is 25.5 Å². The number of primary amides is 1. The highest BCUT2D eigenvalue weighted by Gasteiger charge is 2.31. The molecular weight excluding hydrogens is 304 g/mol. The Bertz CT molecular complexity index is 698. The standard InChI is InChI=1S/C18H24N4O2/c1-13-10-14(2)22(20-13)12-16-11-21(8-9-24-16)17(18(19)23)15-6-4-3-5-7-15/h3-7,10,16-17H,8-9,11-12H2,1-2H3,(H2,19,23)/t16-,17-/m1/s1. The van der Waals surface area contributed by atoms with Gasteiger partial charge in [0.15, 0.2) is 0 Å². The first-order valence-electron chi connectivity index (χ1n) is 8.25. The number of carbonyl (C=O) groups excluding carboxylic acids is 1. The van der Waals surface area contributed by atoms with Gasteiger partial charge in [-0.25, -0.2) is 0 Å². The van der Waals surface area contributed by atoms with Gasteiger partial charge in [-0.15, -0.1) is 0 Å². The Morgan fingerprint density at radius 1 is 1.38 bits per heavy atom. The topological polar surface area (TPSA) is 73.4 Å². The Morgan fingerprint density at radius 2 is 2.12 bits per heavy atom. The van der Waals surface area contributed by atoms with E-state index < -0.39 is 6.04 Å². The third kappa shape index (κ3) is 3.66. The van der Waals surface area contributed by atoms with Crippen LogP contribution in [-0.2, 0) is 16.1 Å². The second-order valence-corrected chi connectivity index (χ2v) is 6.31. The lowest BCUT2D eigenvalue weighted by Gasteiger charge is -2.37. The molecule has 3 rings (SSSR count). The Kier molecular flexibility index (Phi) is 4.97. The molecule has 0 saturated carbocycles. The largest absolute Gasteiger partial charge is 0.374 e. The number of benzene rings is 1. The Labute approximate surface area is 142 Å². The molecule has 2 N–H and O–H groups in total. The lowest BCUT2D eigenvalue weighted by Crippen LogP contribution is -2.49. The summed E-state index contributed by atoms with van der Waals surface area (Å²) in [5.41, 5.74) is 8.73. The van der Waals surface area contributed by atoms with E-state index in [2.05, 4.69) is 16.1 Å². The number of rotatable bonds is 5. The highest BCUT2D eigenvalue weighted by molar-refractivity contribution is 5.81. The summed E-state index contributed by atoms with van der Waals surface area (Å²) in [4.78, 5) is 14.2. The summed E-state index contributed by atoms with van der Waals surface area (Å²) >= 11 is 0. The molecule has 24 heavy (non-hydrogen) atoms. The van der Waals surface area contributed by atoms with Gasteiger partial charge in [-0.1, -0.05) is 30.3 Å². The number of aryl methyl sites for hydroxylation is 2. The summed E-state index contributed by atoms with van der Waals surface area (Å²) in [5, 5.41) is 4.49. The van der Waals surface area contributed by atoms with Crippen molar-refractivity contribution in [2.24, 2.45) is 5.73 Å². The Morgan fingerprint density at radius 3 is 2.75 bits per heavy atom. The van der Waals surface area contributed by atoms with E-state index in [0.29, 0.717) is 26.2 Å². The van der Waals surface area contributed by atoms with Crippen LogP contribution in [0.2, 0.25) is 0 Å². The van der Waals surface area contributed by atoms with Crippen LogP contribution in [0, 0.1) is 13.8 Å². The van der Waals surface area contributed by atoms with Crippen LogP contribution in [0.3, 0.4) is 0 Å². The first kappa shape index (κ1) is 16.7. The minimum atomic E-state index is -0.418. The average Bonchev–Trinajstić information content (AvgIpc) is 2.86. The second-order valence-electron chi connectivity index (χ2n) is 6.31. The summed E-state index contributed by atoms with van der Waals surface area (Å²) < 4.78 is 7.85. The summed E-state index contributed by atoms with van der Waals surface area (Å²) in [6, 6.07) is 11.3. The molecule has 0 aliphatic carbocycles. The maximum absolute atomic E-state index is 12.0. The van der Waals surface area contributed by atoms with E-state index in [1.165, 1.54) is 0 Å². The van der Waals surface area contributed by atoms with Crippen LogP contribution >= 0.6 is 0 Å². The lowest BCUT2D eigenvalue weighted by atomic mass is 10.0. The number of morpholine rings is 1. The smallest absolute Gasteiger partial charge is 0.239 e. The first-order valence-corrected chi connectivity index (χ1v) is 8.25. The highest BCUT2D eigenvalue weighted by Crippen LogP contribution is 2.23. The van der Waals surface area contributed by atoms with Crippen LogP contribution in [0.5, 0.6) is 0 Å². The van der Waals surface area contributed by atoms with Gasteiger partial charge in [0, 0.05) is 18.8 Å². The van der Waals surface area contributed by atoms with E-state index in [-0.39, 0.29) is 12.0 Å². The van der Waals surface area contributed by atoms with Crippen LogP contribution in [0.15, 0.2) is 36.4 Å². The normalized spacial score (nSPS) is 20.0. The van der Waals surface area contributed by atoms with Crippen molar-refractivity contribution in [1.29, 1.82) is 0 Å². The molecule has 2 heterocycles. The van der Waals surface area contributed by atoms with Crippen molar-refractivity contribution in [3.8, 4) is 0 Å². The SMILES string of the molecule is Cc1cc(C)n(C[C@H]2CN([C@@H](C(N)=O)c3ccccc3)CCO2)n1. The monoisotopic (exact) mass is 328 g/mol. The first-order chi connectivity index (χ1) is 11.5. The number of nitrogens with two attached hydrogens (primary N) is 1. The van der Waals surface area contributed by atoms with Gasteiger partial charge >= 0.3 is 0 Å². The fraction of sp³-hybridized carbons (Fsp3) is 0.444. The predicted octanol–water partition coefficient (Wildman–Crippen LogP) is 1.43. The molecule has 1 fully saturated rings. The molecule has 6 heteroatoms. The quantitative estimate of drug-likeness (QED) is 0.901. The van der Waals surface area contributed by atoms with Crippen LogP contribution in [0.1, 0.15) is 23.0 Å². The van der Waals surface area contributed by atoms with Crippen LogP contribution in [0.25, 0.3) is 0 Å². The molecule has 128 valence electrons. The van der Waals surface area contributed by atoms with Crippen molar-refractivity contribution in [2.45, 2.75) is 32.5 Å². The van der Waals surface area contributed by atoms with E-state index in [0.717, 1.165) is 17.0 Å². The number of ether oxygens (including phenoxy) is 1. The molecule has 2 aromatic rings. The van der Waals surface area contributed by atoms with Crippen molar-refractivity contribution in [1.82, 2.24) is 14.7 Å². The van der Waals surface area contributed by atoms with Crippen LogP contribution < -0.4 is 5.73 Å². The van der Waals surface area contributed by atoms with Gasteiger partial charge in [0.25, 0.3) is 0 Å². The Balaban J connectivity index is 1.74. The van der Waals surface area contributed by atoms with Crippen molar-refractivity contribution < 1.29 is 9.53 Å². The van der Waals surface area contributed by atoms with Gasteiger partial charge < -0.3 is 10.5 Å². The molecule has 1 aromatic heterocycles. The van der Waals surface area contributed by atoms with Crippen molar-refractivity contribution in [2.75, 3.05) is 19.7 Å². The average molecular weight is 328 g/mol. The summed E-state index contributed by atoms with van der Waals surface area (Å²) in [6.07, 6.45) is -0.0117. The maximum Gasteiger partial charge on any atom is 0.239 e. The van der Waals surface area contributed by atoms with Gasteiger partial charge in [-0.3, -0.25) is 14.4 Å². The number of hydrogen-bond acceptors (Lipinski definition) is 4. The number of nitrogens with zero attached hydrogens (tertiary/aromatic N) is 3. The zero-order valence-electron chi connectivity index (χ0n) is 14.2. The molecule has 1 saturated heterocycles. The van der Waals surface area contributed by atoms with Crippen molar-refractivity contribution in [3.05, 3.63) is 53.3 Å². The minimum absolute atomic E-state index is 0.0117.